The maximum Gasteiger partial charge on any atom is 0.656 e. The lowest BCUT2D eigenvalue weighted by molar-refractivity contribution is -0.132. The summed E-state index contributed by atoms with van der Waals surface area (Å²) < 4.78 is 17.6. The number of amides is 2. The van der Waals surface area contributed by atoms with E-state index in [2.05, 4.69) is 0 Å². The largest absolute Gasteiger partial charge is 0.656 e. The molecule has 15 heavy (non-hydrogen) atoms. The van der Waals surface area contributed by atoms with Crippen LogP contribution in [0.15, 0.2) is 0 Å². The van der Waals surface area contributed by atoms with E-state index in [4.69, 9.17) is 4.52 Å². The van der Waals surface area contributed by atoms with Crippen LogP contribution in [-0.2, 0) is 18.7 Å². The van der Waals surface area contributed by atoms with E-state index in [9.17, 15) is 14.2 Å². The van der Waals surface area contributed by atoms with Crippen LogP contribution in [0.2, 0.25) is 0 Å². The van der Waals surface area contributed by atoms with Crippen LogP contribution in [0.1, 0.15) is 38.5 Å². The summed E-state index contributed by atoms with van der Waals surface area (Å²) in [6, 6.07) is 0. The zero-order valence-electron chi connectivity index (χ0n) is 8.35. The molecule has 1 heterocycles. The van der Waals surface area contributed by atoms with Crippen molar-refractivity contribution in [2.24, 2.45) is 0 Å². The number of imide groups is 1. The molecule has 1 saturated heterocycles. The summed E-state index contributed by atoms with van der Waals surface area (Å²) in [7, 11) is -2.29. The molecule has 0 aromatic rings. The molecule has 0 aromatic heterocycles. The molecule has 2 amide bonds. The summed E-state index contributed by atoms with van der Waals surface area (Å²) in [6.07, 6.45) is 4.15. The number of hydrogen-bond donors (Lipinski definition) is 0. The zero-order valence-corrected chi connectivity index (χ0v) is 9.24. The summed E-state index contributed by atoms with van der Waals surface area (Å²) >= 11 is 0. The van der Waals surface area contributed by atoms with Crippen molar-refractivity contribution >= 4 is 20.0 Å². The molecule has 2 rings (SSSR count). The monoisotopic (exact) mass is 230 g/mol. The van der Waals surface area contributed by atoms with Gasteiger partial charge in [0.1, 0.15) is 6.10 Å². The molecule has 5 nitrogen and oxygen atoms in total. The lowest BCUT2D eigenvalue weighted by atomic mass is 10.3. The van der Waals surface area contributed by atoms with Crippen molar-refractivity contribution in [3.05, 3.63) is 0 Å². The normalized spacial score (nSPS) is 24.0. The first-order chi connectivity index (χ1) is 7.18. The fourth-order valence-electron chi connectivity index (χ4n) is 1.92. The summed E-state index contributed by atoms with van der Waals surface area (Å²) in [5.41, 5.74) is 0. The van der Waals surface area contributed by atoms with Gasteiger partial charge in [-0.2, -0.15) is 0 Å². The van der Waals surface area contributed by atoms with E-state index in [0.717, 1.165) is 30.4 Å². The van der Waals surface area contributed by atoms with Crippen molar-refractivity contribution in [1.29, 1.82) is 0 Å². The zero-order chi connectivity index (χ0) is 10.8. The topological polar surface area (TPSA) is 63.7 Å². The second-order valence-corrected chi connectivity index (χ2v) is 4.94. The Morgan fingerprint density at radius 2 is 1.67 bits per heavy atom. The highest BCUT2D eigenvalue weighted by molar-refractivity contribution is 7.38. The third-order valence-corrected chi connectivity index (χ3v) is 3.98. The van der Waals surface area contributed by atoms with Gasteiger partial charge in [-0.1, -0.05) is 12.8 Å². The van der Waals surface area contributed by atoms with E-state index in [1.807, 2.05) is 0 Å². The molecule has 6 heteroatoms. The Morgan fingerprint density at radius 1 is 1.13 bits per heavy atom. The molecular weight excluding hydrogens is 217 g/mol. The minimum absolute atomic E-state index is 0.0465. The molecule has 1 aliphatic carbocycles. The Labute approximate surface area is 88.7 Å². The first-order valence-electron chi connectivity index (χ1n) is 5.18. The predicted octanol–water partition coefficient (Wildman–Crippen LogP) is 1.75. The van der Waals surface area contributed by atoms with Gasteiger partial charge in [0.05, 0.1) is 0 Å². The summed E-state index contributed by atoms with van der Waals surface area (Å²) in [4.78, 5) is 22.5. The third-order valence-electron chi connectivity index (χ3n) is 2.73. The van der Waals surface area contributed by atoms with E-state index in [1.165, 1.54) is 0 Å². The van der Waals surface area contributed by atoms with Gasteiger partial charge in [0, 0.05) is 12.8 Å². The average molecular weight is 230 g/mol. The average Bonchev–Trinajstić information content (AvgIpc) is 2.77. The van der Waals surface area contributed by atoms with Crippen LogP contribution in [0.3, 0.4) is 0 Å². The van der Waals surface area contributed by atoms with Crippen LogP contribution in [0.4, 0.5) is 0 Å². The van der Waals surface area contributed by atoms with Gasteiger partial charge in [-0.25, -0.2) is 0 Å². The van der Waals surface area contributed by atoms with E-state index in [-0.39, 0.29) is 30.8 Å². The van der Waals surface area contributed by atoms with Gasteiger partial charge in [-0.15, -0.1) is 4.52 Å². The highest BCUT2D eigenvalue weighted by Gasteiger charge is 2.47. The molecule has 0 radical (unpaired) electrons. The quantitative estimate of drug-likeness (QED) is 0.547. The first-order valence-corrected chi connectivity index (χ1v) is 6.31. The minimum atomic E-state index is -2.29. The van der Waals surface area contributed by atoms with E-state index in [0.29, 0.717) is 0 Å². The highest BCUT2D eigenvalue weighted by Crippen LogP contribution is 2.38. The van der Waals surface area contributed by atoms with Crippen LogP contribution in [0.5, 0.6) is 0 Å². The Hall–Kier alpha value is -0.800. The number of carbonyl (C=O) groups is 2. The van der Waals surface area contributed by atoms with Gasteiger partial charge in [0.15, 0.2) is 0 Å². The van der Waals surface area contributed by atoms with Crippen molar-refractivity contribution < 1.29 is 18.7 Å². The number of rotatable bonds is 3. The van der Waals surface area contributed by atoms with Crippen molar-refractivity contribution in [3.63, 3.8) is 0 Å². The molecule has 1 atom stereocenters. The molecule has 1 unspecified atom stereocenters. The van der Waals surface area contributed by atoms with Gasteiger partial charge < -0.3 is 0 Å². The lowest BCUT2D eigenvalue weighted by Crippen LogP contribution is -2.23. The Kier molecular flexibility index (Phi) is 3.12. The van der Waals surface area contributed by atoms with Crippen molar-refractivity contribution in [1.82, 2.24) is 4.67 Å². The van der Waals surface area contributed by atoms with Crippen molar-refractivity contribution in [2.75, 3.05) is 0 Å². The summed E-state index contributed by atoms with van der Waals surface area (Å²) in [5, 5.41) is 0. The van der Waals surface area contributed by atoms with Crippen LogP contribution in [0, 0.1) is 0 Å². The van der Waals surface area contributed by atoms with Gasteiger partial charge in [0.25, 0.3) is 11.8 Å². The molecule has 82 valence electrons. The SMILES string of the molecule is O=C1CCC(=O)N1[P+](=O)OC1CCCC1. The number of nitrogens with zero attached hydrogens (tertiary/aromatic N) is 1. The molecule has 0 aromatic carbocycles. The number of carbonyl (C=O) groups excluding carboxylic acids is 2. The van der Waals surface area contributed by atoms with E-state index < -0.39 is 8.18 Å². The van der Waals surface area contributed by atoms with Crippen molar-refractivity contribution in [2.45, 2.75) is 44.6 Å². The highest BCUT2D eigenvalue weighted by atomic mass is 31.1. The molecule has 0 N–H and O–H groups in total. The first kappa shape index (κ1) is 10.7. The molecule has 0 spiro atoms. The fraction of sp³-hybridized carbons (Fsp3) is 0.778. The molecule has 1 aliphatic heterocycles. The lowest BCUT2D eigenvalue weighted by Gasteiger charge is -2.02. The van der Waals surface area contributed by atoms with Crippen LogP contribution < -0.4 is 0 Å². The minimum Gasteiger partial charge on any atom is -0.270 e. The smallest absolute Gasteiger partial charge is 0.270 e. The Bertz CT molecular complexity index is 295. The fourth-order valence-corrected chi connectivity index (χ4v) is 3.04. The van der Waals surface area contributed by atoms with Gasteiger partial charge >= 0.3 is 8.18 Å². The second kappa shape index (κ2) is 4.37. The van der Waals surface area contributed by atoms with E-state index >= 15 is 0 Å². The molecule has 0 bridgehead atoms. The number of hydrogen-bond acceptors (Lipinski definition) is 4. The summed E-state index contributed by atoms with van der Waals surface area (Å²) in [6.45, 7) is 0. The van der Waals surface area contributed by atoms with Gasteiger partial charge in [0.2, 0.25) is 0 Å². The predicted molar refractivity (Wildman–Crippen MR) is 52.0 cm³/mol. The molecule has 2 fully saturated rings. The van der Waals surface area contributed by atoms with Crippen LogP contribution >= 0.6 is 8.18 Å². The maximum atomic E-state index is 11.6. The van der Waals surface area contributed by atoms with E-state index in [1.54, 1.807) is 0 Å². The maximum absolute atomic E-state index is 11.6. The standard InChI is InChI=1S/C9H13NO4P/c11-8-5-6-9(12)10(8)15(13)14-7-3-1-2-4-7/h7H,1-6H2/q+1. The second-order valence-electron chi connectivity index (χ2n) is 3.85. The molecule has 2 aliphatic rings. The Balaban J connectivity index is 1.94. The Morgan fingerprint density at radius 3 is 2.20 bits per heavy atom. The summed E-state index contributed by atoms with van der Waals surface area (Å²) in [5.74, 6) is -0.752. The van der Waals surface area contributed by atoms with Crippen LogP contribution in [0.25, 0.3) is 0 Å². The van der Waals surface area contributed by atoms with Crippen LogP contribution in [-0.4, -0.2) is 22.6 Å². The third kappa shape index (κ3) is 2.24. The van der Waals surface area contributed by atoms with Gasteiger partial charge in [-0.3, -0.25) is 9.59 Å². The van der Waals surface area contributed by atoms with Crippen molar-refractivity contribution in [3.8, 4) is 0 Å². The van der Waals surface area contributed by atoms with Gasteiger partial charge in [-0.05, 0) is 22.1 Å². The molecule has 1 saturated carbocycles. The molecular formula is C9H13NO4P+.